The van der Waals surface area contributed by atoms with Crippen LogP contribution in [0.4, 0.5) is 10.1 Å². The summed E-state index contributed by atoms with van der Waals surface area (Å²) in [5.74, 6) is -0.356. The van der Waals surface area contributed by atoms with Crippen LogP contribution in [-0.2, 0) is 6.54 Å². The molecular formula is C18H15ClFN3O2. The van der Waals surface area contributed by atoms with E-state index in [2.05, 4.69) is 10.3 Å². The maximum Gasteiger partial charge on any atom is 0.251 e. The topological polar surface area (TPSA) is 81.1 Å². The summed E-state index contributed by atoms with van der Waals surface area (Å²) in [6.45, 7) is 2.12. The smallest absolute Gasteiger partial charge is 0.251 e. The fourth-order valence-corrected chi connectivity index (χ4v) is 2.52. The van der Waals surface area contributed by atoms with Crippen LogP contribution in [0.1, 0.15) is 21.9 Å². The molecule has 5 nitrogen and oxygen atoms in total. The van der Waals surface area contributed by atoms with E-state index in [-0.39, 0.29) is 12.1 Å². The van der Waals surface area contributed by atoms with Gasteiger partial charge in [-0.15, -0.1) is 0 Å². The summed E-state index contributed by atoms with van der Waals surface area (Å²) < 4.78 is 19.3. The lowest BCUT2D eigenvalue weighted by Crippen LogP contribution is -2.13. The number of nitrogens with one attached hydrogen (secondary N) is 1. The highest BCUT2D eigenvalue weighted by Crippen LogP contribution is 2.26. The second kappa shape index (κ2) is 6.94. The average molecular weight is 360 g/mol. The first-order valence-electron chi connectivity index (χ1n) is 7.49. The molecule has 0 saturated carbocycles. The summed E-state index contributed by atoms with van der Waals surface area (Å²) in [6, 6.07) is 11.3. The SMILES string of the molecule is Cc1nc(CNc2ccc(F)c(C(N)=O)c2)oc1-c1ccc(Cl)cc1. The molecule has 3 rings (SSSR count). The van der Waals surface area contributed by atoms with E-state index in [4.69, 9.17) is 21.8 Å². The molecule has 0 aliphatic heterocycles. The van der Waals surface area contributed by atoms with Crippen LogP contribution in [0.5, 0.6) is 0 Å². The summed E-state index contributed by atoms with van der Waals surface area (Å²) in [6.07, 6.45) is 0. The zero-order chi connectivity index (χ0) is 18.0. The number of amides is 1. The number of rotatable bonds is 5. The lowest BCUT2D eigenvalue weighted by Gasteiger charge is -2.06. The Morgan fingerprint density at radius 1 is 1.28 bits per heavy atom. The van der Waals surface area contributed by atoms with Crippen molar-refractivity contribution >= 4 is 23.2 Å². The fraction of sp³-hybridized carbons (Fsp3) is 0.111. The first-order chi connectivity index (χ1) is 11.9. The molecule has 0 saturated heterocycles. The van der Waals surface area contributed by atoms with Gasteiger partial charge in [-0.05, 0) is 49.4 Å². The Bertz CT molecular complexity index is 923. The molecule has 1 aromatic heterocycles. The van der Waals surface area contributed by atoms with E-state index in [0.29, 0.717) is 22.4 Å². The molecule has 0 bridgehead atoms. The molecule has 0 radical (unpaired) electrons. The number of benzene rings is 2. The lowest BCUT2D eigenvalue weighted by molar-refractivity contribution is 0.0996. The Morgan fingerprint density at radius 2 is 2.00 bits per heavy atom. The highest BCUT2D eigenvalue weighted by atomic mass is 35.5. The van der Waals surface area contributed by atoms with Crippen molar-refractivity contribution in [2.24, 2.45) is 5.73 Å². The van der Waals surface area contributed by atoms with E-state index in [1.54, 1.807) is 12.1 Å². The number of aromatic nitrogens is 1. The van der Waals surface area contributed by atoms with Gasteiger partial charge in [-0.2, -0.15) is 0 Å². The zero-order valence-corrected chi connectivity index (χ0v) is 14.1. The average Bonchev–Trinajstić information content (AvgIpc) is 2.95. The number of carbonyl (C=O) groups is 1. The third kappa shape index (κ3) is 3.80. The van der Waals surface area contributed by atoms with Crippen molar-refractivity contribution < 1.29 is 13.6 Å². The predicted molar refractivity (Wildman–Crippen MR) is 93.9 cm³/mol. The zero-order valence-electron chi connectivity index (χ0n) is 13.3. The number of aryl methyl sites for hydroxylation is 1. The van der Waals surface area contributed by atoms with Crippen molar-refractivity contribution in [3.05, 3.63) is 70.5 Å². The number of hydrogen-bond donors (Lipinski definition) is 2. The Hall–Kier alpha value is -2.86. The van der Waals surface area contributed by atoms with Crippen molar-refractivity contribution in [2.45, 2.75) is 13.5 Å². The van der Waals surface area contributed by atoms with Gasteiger partial charge in [0.1, 0.15) is 5.82 Å². The Balaban J connectivity index is 1.76. The molecule has 0 spiro atoms. The number of halogens is 2. The Kier molecular flexibility index (Phi) is 4.72. The number of anilines is 1. The second-order valence-electron chi connectivity index (χ2n) is 5.44. The van der Waals surface area contributed by atoms with Gasteiger partial charge < -0.3 is 15.5 Å². The van der Waals surface area contributed by atoms with Gasteiger partial charge in [-0.25, -0.2) is 9.37 Å². The molecule has 0 fully saturated rings. The van der Waals surface area contributed by atoms with Crippen LogP contribution in [0.15, 0.2) is 46.9 Å². The Labute approximate surface area is 148 Å². The van der Waals surface area contributed by atoms with Crippen molar-refractivity contribution in [1.82, 2.24) is 4.98 Å². The number of carbonyl (C=O) groups excluding carboxylic acids is 1. The lowest BCUT2D eigenvalue weighted by atomic mass is 10.1. The number of nitrogens with two attached hydrogens (primary N) is 1. The van der Waals surface area contributed by atoms with Gasteiger partial charge in [-0.3, -0.25) is 4.79 Å². The molecule has 0 unspecified atom stereocenters. The monoisotopic (exact) mass is 359 g/mol. The van der Waals surface area contributed by atoms with Gasteiger partial charge in [0.2, 0.25) is 5.89 Å². The molecule has 3 aromatic rings. The Morgan fingerprint density at radius 3 is 2.68 bits per heavy atom. The van der Waals surface area contributed by atoms with Crippen LogP contribution in [0.2, 0.25) is 5.02 Å². The third-order valence-electron chi connectivity index (χ3n) is 3.62. The summed E-state index contributed by atoms with van der Waals surface area (Å²) >= 11 is 5.89. The molecule has 1 amide bonds. The molecule has 3 N–H and O–H groups in total. The highest BCUT2D eigenvalue weighted by Gasteiger charge is 2.13. The molecule has 0 atom stereocenters. The van der Waals surface area contributed by atoms with Crippen LogP contribution >= 0.6 is 11.6 Å². The number of primary amides is 1. The van der Waals surface area contributed by atoms with E-state index >= 15 is 0 Å². The van der Waals surface area contributed by atoms with E-state index in [9.17, 15) is 9.18 Å². The van der Waals surface area contributed by atoms with Gasteiger partial charge >= 0.3 is 0 Å². The van der Waals surface area contributed by atoms with Gasteiger partial charge in [0.05, 0.1) is 17.8 Å². The number of nitrogens with zero attached hydrogens (tertiary/aromatic N) is 1. The molecular weight excluding hydrogens is 345 g/mol. The van der Waals surface area contributed by atoms with Crippen LogP contribution in [-0.4, -0.2) is 10.9 Å². The van der Waals surface area contributed by atoms with E-state index in [1.165, 1.54) is 18.2 Å². The molecule has 1 heterocycles. The summed E-state index contributed by atoms with van der Waals surface area (Å²) in [5.41, 5.74) is 7.13. The molecule has 0 aliphatic rings. The van der Waals surface area contributed by atoms with Gasteiger partial charge in [0, 0.05) is 16.3 Å². The second-order valence-corrected chi connectivity index (χ2v) is 5.88. The van der Waals surface area contributed by atoms with Crippen LogP contribution in [0.3, 0.4) is 0 Å². The van der Waals surface area contributed by atoms with Gasteiger partial charge in [-0.1, -0.05) is 11.6 Å². The number of hydrogen-bond acceptors (Lipinski definition) is 4. The first kappa shape index (κ1) is 17.0. The predicted octanol–water partition coefficient (Wildman–Crippen LogP) is 4.15. The van der Waals surface area contributed by atoms with Crippen molar-refractivity contribution in [3.63, 3.8) is 0 Å². The van der Waals surface area contributed by atoms with Crippen molar-refractivity contribution in [3.8, 4) is 11.3 Å². The standard InChI is InChI=1S/C18H15ClFN3O2/c1-10-17(11-2-4-12(19)5-3-11)25-16(23-10)9-22-13-6-7-15(20)14(8-13)18(21)24/h2-8,22H,9H2,1H3,(H2,21,24). The molecule has 2 aromatic carbocycles. The fourth-order valence-electron chi connectivity index (χ4n) is 2.40. The summed E-state index contributed by atoms with van der Waals surface area (Å²) in [4.78, 5) is 15.6. The van der Waals surface area contributed by atoms with Gasteiger partial charge in [0.25, 0.3) is 5.91 Å². The van der Waals surface area contributed by atoms with E-state index in [0.717, 1.165) is 11.3 Å². The normalized spacial score (nSPS) is 10.7. The van der Waals surface area contributed by atoms with Gasteiger partial charge in [0.15, 0.2) is 5.76 Å². The largest absolute Gasteiger partial charge is 0.438 e. The summed E-state index contributed by atoms with van der Waals surface area (Å²) in [7, 11) is 0. The first-order valence-corrected chi connectivity index (χ1v) is 7.87. The minimum atomic E-state index is -0.821. The van der Waals surface area contributed by atoms with Crippen LogP contribution < -0.4 is 11.1 Å². The van der Waals surface area contributed by atoms with Crippen molar-refractivity contribution in [1.29, 1.82) is 0 Å². The molecule has 25 heavy (non-hydrogen) atoms. The van der Waals surface area contributed by atoms with E-state index in [1.807, 2.05) is 19.1 Å². The molecule has 7 heteroatoms. The minimum Gasteiger partial charge on any atom is -0.438 e. The minimum absolute atomic E-state index is 0.171. The van der Waals surface area contributed by atoms with Crippen molar-refractivity contribution in [2.75, 3.05) is 5.32 Å². The third-order valence-corrected chi connectivity index (χ3v) is 3.87. The molecule has 128 valence electrons. The molecule has 0 aliphatic carbocycles. The summed E-state index contributed by atoms with van der Waals surface area (Å²) in [5, 5.41) is 3.68. The van der Waals surface area contributed by atoms with Crippen LogP contribution in [0.25, 0.3) is 11.3 Å². The maximum absolute atomic E-state index is 13.5. The maximum atomic E-state index is 13.5. The quantitative estimate of drug-likeness (QED) is 0.717. The number of oxazole rings is 1. The van der Waals surface area contributed by atoms with E-state index < -0.39 is 11.7 Å². The highest BCUT2D eigenvalue weighted by molar-refractivity contribution is 6.30. The van der Waals surface area contributed by atoms with Crippen LogP contribution in [0, 0.1) is 12.7 Å².